The van der Waals surface area contributed by atoms with Crippen LogP contribution in [0.1, 0.15) is 34.9 Å². The van der Waals surface area contributed by atoms with Gasteiger partial charge in [-0.1, -0.05) is 36.4 Å². The third-order valence-electron chi connectivity index (χ3n) is 3.55. The Bertz CT molecular complexity index is 713. The van der Waals surface area contributed by atoms with E-state index in [0.29, 0.717) is 5.56 Å². The fraction of sp³-hybridized carbons (Fsp3) is 0.222. The molecule has 0 radical (unpaired) electrons. The van der Waals surface area contributed by atoms with Crippen molar-refractivity contribution in [3.63, 3.8) is 0 Å². The van der Waals surface area contributed by atoms with Crippen LogP contribution in [0.4, 0.5) is 4.39 Å². The Labute approximate surface area is 133 Å². The molecular formula is C18H16FNO3. The van der Waals surface area contributed by atoms with Crippen molar-refractivity contribution in [1.82, 2.24) is 5.32 Å². The van der Waals surface area contributed by atoms with Gasteiger partial charge >= 0.3 is 5.97 Å². The highest BCUT2D eigenvalue weighted by molar-refractivity contribution is 5.92. The average molecular weight is 313 g/mol. The van der Waals surface area contributed by atoms with Crippen LogP contribution in [0.5, 0.6) is 0 Å². The number of hydrogen-bond acceptors (Lipinski definition) is 3. The van der Waals surface area contributed by atoms with Crippen LogP contribution in [-0.2, 0) is 9.53 Å². The Hall–Kier alpha value is -2.69. The first-order valence-corrected chi connectivity index (χ1v) is 7.45. The molecule has 0 aliphatic heterocycles. The Morgan fingerprint density at radius 3 is 2.48 bits per heavy atom. The molecule has 4 nitrogen and oxygen atoms in total. The number of carbonyl (C=O) groups is 2. The van der Waals surface area contributed by atoms with Gasteiger partial charge in [0.1, 0.15) is 5.82 Å². The number of rotatable bonds is 5. The van der Waals surface area contributed by atoms with Gasteiger partial charge in [-0.15, -0.1) is 0 Å². The second kappa shape index (κ2) is 6.60. The van der Waals surface area contributed by atoms with Gasteiger partial charge in [-0.3, -0.25) is 4.79 Å². The summed E-state index contributed by atoms with van der Waals surface area (Å²) in [4.78, 5) is 24.6. The summed E-state index contributed by atoms with van der Waals surface area (Å²) in [5.74, 6) is -1.62. The average Bonchev–Trinajstić information content (AvgIpc) is 3.37. The van der Waals surface area contributed by atoms with E-state index in [1.54, 1.807) is 24.3 Å². The lowest BCUT2D eigenvalue weighted by Crippen LogP contribution is -2.33. The van der Waals surface area contributed by atoms with Crippen LogP contribution in [0.25, 0.3) is 0 Å². The third kappa shape index (κ3) is 3.94. The lowest BCUT2D eigenvalue weighted by molar-refractivity contribution is -0.130. The normalized spacial score (nSPS) is 14.8. The molecule has 0 aromatic heterocycles. The zero-order valence-electron chi connectivity index (χ0n) is 12.4. The van der Waals surface area contributed by atoms with Gasteiger partial charge in [0.25, 0.3) is 5.91 Å². The van der Waals surface area contributed by atoms with Crippen molar-refractivity contribution in [2.45, 2.75) is 25.0 Å². The zero-order chi connectivity index (χ0) is 16.2. The van der Waals surface area contributed by atoms with Crippen molar-refractivity contribution < 1.29 is 18.7 Å². The van der Waals surface area contributed by atoms with Crippen molar-refractivity contribution in [1.29, 1.82) is 0 Å². The fourth-order valence-electron chi connectivity index (χ4n) is 2.20. The third-order valence-corrected chi connectivity index (χ3v) is 3.55. The molecule has 1 unspecified atom stereocenters. The fourth-order valence-corrected chi connectivity index (χ4v) is 2.20. The van der Waals surface area contributed by atoms with Crippen LogP contribution in [-0.4, -0.2) is 17.9 Å². The summed E-state index contributed by atoms with van der Waals surface area (Å²) in [6, 6.07) is 14.1. The maximum atomic E-state index is 13.2. The summed E-state index contributed by atoms with van der Waals surface area (Å²) in [6.45, 7) is 0. The predicted molar refractivity (Wildman–Crippen MR) is 82.2 cm³/mol. The van der Waals surface area contributed by atoms with E-state index < -0.39 is 17.9 Å². The maximum Gasteiger partial charge on any atom is 0.339 e. The minimum absolute atomic E-state index is 0.0742. The van der Waals surface area contributed by atoms with E-state index in [2.05, 4.69) is 5.32 Å². The molecule has 1 atom stereocenters. The molecule has 0 spiro atoms. The van der Waals surface area contributed by atoms with Crippen LogP contribution >= 0.6 is 0 Å². The minimum atomic E-state index is -1.05. The summed E-state index contributed by atoms with van der Waals surface area (Å²) in [5, 5.41) is 2.83. The molecule has 1 amide bonds. The van der Waals surface area contributed by atoms with Gasteiger partial charge in [0, 0.05) is 11.6 Å². The highest BCUT2D eigenvalue weighted by atomic mass is 19.1. The van der Waals surface area contributed by atoms with Crippen molar-refractivity contribution in [2.75, 3.05) is 0 Å². The molecule has 5 heteroatoms. The molecule has 2 aromatic carbocycles. The summed E-state index contributed by atoms with van der Waals surface area (Å²) in [7, 11) is 0. The van der Waals surface area contributed by atoms with E-state index in [9.17, 15) is 14.0 Å². The highest BCUT2D eigenvalue weighted by Crippen LogP contribution is 2.24. The van der Waals surface area contributed by atoms with Crippen molar-refractivity contribution in [3.05, 3.63) is 71.5 Å². The van der Waals surface area contributed by atoms with Crippen molar-refractivity contribution in [2.24, 2.45) is 0 Å². The largest absolute Gasteiger partial charge is 0.444 e. The lowest BCUT2D eigenvalue weighted by atomic mass is 10.1. The predicted octanol–water partition coefficient (Wildman–Crippen LogP) is 3.00. The monoisotopic (exact) mass is 313 g/mol. The van der Waals surface area contributed by atoms with Crippen molar-refractivity contribution in [3.8, 4) is 0 Å². The zero-order valence-corrected chi connectivity index (χ0v) is 12.4. The second-order valence-corrected chi connectivity index (χ2v) is 5.49. The van der Waals surface area contributed by atoms with Gasteiger partial charge < -0.3 is 10.1 Å². The van der Waals surface area contributed by atoms with Crippen LogP contribution in [0.2, 0.25) is 0 Å². The molecular weight excluding hydrogens is 297 g/mol. The summed E-state index contributed by atoms with van der Waals surface area (Å²) >= 11 is 0. The van der Waals surface area contributed by atoms with Gasteiger partial charge in [-0.05, 0) is 31.0 Å². The molecule has 1 saturated carbocycles. The standard InChI is InChI=1S/C18H16FNO3/c19-14-8-4-7-13(11-14)18(22)23-16(12-5-2-1-3-6-12)17(21)20-15-9-10-15/h1-8,11,15-16H,9-10H2,(H,20,21). The van der Waals surface area contributed by atoms with Gasteiger partial charge in [-0.25, -0.2) is 9.18 Å². The first-order chi connectivity index (χ1) is 11.1. The second-order valence-electron chi connectivity index (χ2n) is 5.49. The Kier molecular flexibility index (Phi) is 4.37. The summed E-state index contributed by atoms with van der Waals surface area (Å²) in [6.07, 6.45) is 0.823. The van der Waals surface area contributed by atoms with Gasteiger partial charge in [-0.2, -0.15) is 0 Å². The van der Waals surface area contributed by atoms with E-state index in [0.717, 1.165) is 18.9 Å². The molecule has 0 bridgehead atoms. The van der Waals surface area contributed by atoms with E-state index >= 15 is 0 Å². The quantitative estimate of drug-likeness (QED) is 0.863. The molecule has 1 aliphatic carbocycles. The van der Waals surface area contributed by atoms with Gasteiger partial charge in [0.05, 0.1) is 5.56 Å². The Morgan fingerprint density at radius 1 is 1.09 bits per heavy atom. The van der Waals surface area contributed by atoms with E-state index in [1.807, 2.05) is 6.07 Å². The smallest absolute Gasteiger partial charge is 0.339 e. The van der Waals surface area contributed by atoms with Crippen LogP contribution in [0.3, 0.4) is 0 Å². The SMILES string of the molecule is O=C(OC(C(=O)NC1CC1)c1ccccc1)c1cccc(F)c1. The number of amides is 1. The minimum Gasteiger partial charge on any atom is -0.444 e. The number of ether oxygens (including phenoxy) is 1. The lowest BCUT2D eigenvalue weighted by Gasteiger charge is -2.18. The molecule has 0 heterocycles. The number of benzene rings is 2. The maximum absolute atomic E-state index is 13.2. The Morgan fingerprint density at radius 2 is 1.83 bits per heavy atom. The van der Waals surface area contributed by atoms with E-state index in [4.69, 9.17) is 4.74 Å². The number of nitrogens with one attached hydrogen (secondary N) is 1. The number of esters is 1. The van der Waals surface area contributed by atoms with Gasteiger partial charge in [0.15, 0.2) is 0 Å². The first-order valence-electron chi connectivity index (χ1n) is 7.45. The molecule has 1 N–H and O–H groups in total. The van der Waals surface area contributed by atoms with Crippen LogP contribution in [0.15, 0.2) is 54.6 Å². The summed E-state index contributed by atoms with van der Waals surface area (Å²) < 4.78 is 18.6. The molecule has 118 valence electrons. The molecule has 23 heavy (non-hydrogen) atoms. The van der Waals surface area contributed by atoms with E-state index in [-0.39, 0.29) is 17.5 Å². The molecule has 2 aromatic rings. The highest BCUT2D eigenvalue weighted by Gasteiger charge is 2.31. The molecule has 1 aliphatic rings. The summed E-state index contributed by atoms with van der Waals surface area (Å²) in [5.41, 5.74) is 0.653. The molecule has 0 saturated heterocycles. The van der Waals surface area contributed by atoms with E-state index in [1.165, 1.54) is 18.2 Å². The number of hydrogen-bond donors (Lipinski definition) is 1. The number of halogens is 1. The molecule has 3 rings (SSSR count). The van der Waals surface area contributed by atoms with Crippen LogP contribution in [0, 0.1) is 5.82 Å². The molecule has 1 fully saturated rings. The topological polar surface area (TPSA) is 55.4 Å². The van der Waals surface area contributed by atoms with Gasteiger partial charge in [0.2, 0.25) is 6.10 Å². The Balaban J connectivity index is 1.80. The number of carbonyl (C=O) groups excluding carboxylic acids is 2. The first kappa shape index (κ1) is 15.2. The van der Waals surface area contributed by atoms with Crippen molar-refractivity contribution >= 4 is 11.9 Å². The van der Waals surface area contributed by atoms with Crippen LogP contribution < -0.4 is 5.32 Å².